The number of hydrogen-bond acceptors (Lipinski definition) is 6. The first-order chi connectivity index (χ1) is 17.9. The number of carbonyl (C=O) groups excluding carboxylic acids is 2. The van der Waals surface area contributed by atoms with Gasteiger partial charge in [-0.05, 0) is 63.9 Å². The molecule has 0 saturated carbocycles. The fourth-order valence-corrected chi connectivity index (χ4v) is 4.29. The Morgan fingerprint density at radius 3 is 2.37 bits per heavy atom. The molecule has 2 heterocycles. The van der Waals surface area contributed by atoms with Gasteiger partial charge >= 0.3 is 6.09 Å². The van der Waals surface area contributed by atoms with Crippen LogP contribution in [0.15, 0.2) is 48.7 Å². The van der Waals surface area contributed by atoms with Gasteiger partial charge in [0.05, 0.1) is 33.8 Å². The highest BCUT2D eigenvalue weighted by atomic mass is 19.1. The molecule has 1 saturated heterocycles. The number of aromatic nitrogens is 2. The summed E-state index contributed by atoms with van der Waals surface area (Å²) in [7, 11) is 0. The molecular formula is C26H27F2N5O5. The Balaban J connectivity index is 1.64. The van der Waals surface area contributed by atoms with Crippen molar-refractivity contribution < 1.29 is 28.0 Å². The van der Waals surface area contributed by atoms with E-state index < -0.39 is 34.2 Å². The molecule has 1 N–H and O–H groups in total. The highest BCUT2D eigenvalue weighted by Gasteiger charge is 2.32. The van der Waals surface area contributed by atoms with E-state index in [0.29, 0.717) is 37.3 Å². The predicted molar refractivity (Wildman–Crippen MR) is 134 cm³/mol. The van der Waals surface area contributed by atoms with Crippen LogP contribution in [0.5, 0.6) is 0 Å². The van der Waals surface area contributed by atoms with Crippen molar-refractivity contribution in [3.05, 3.63) is 81.7 Å². The fraction of sp³-hybridized carbons (Fsp3) is 0.346. The molecule has 0 bridgehead atoms. The summed E-state index contributed by atoms with van der Waals surface area (Å²) in [5.41, 5.74) is -0.207. The number of nitrogens with zero attached hydrogens (tertiary/aromatic N) is 4. The predicted octanol–water partition coefficient (Wildman–Crippen LogP) is 5.43. The molecule has 0 unspecified atom stereocenters. The first-order valence-electron chi connectivity index (χ1n) is 12.0. The van der Waals surface area contributed by atoms with Gasteiger partial charge in [0.15, 0.2) is 0 Å². The van der Waals surface area contributed by atoms with Crippen molar-refractivity contribution in [2.45, 2.75) is 45.1 Å². The fourth-order valence-electron chi connectivity index (χ4n) is 4.29. The Bertz CT molecular complexity index is 1360. The molecule has 1 aromatic heterocycles. The topological polar surface area (TPSA) is 120 Å². The van der Waals surface area contributed by atoms with E-state index in [-0.39, 0.29) is 22.9 Å². The molecule has 38 heavy (non-hydrogen) atoms. The number of benzene rings is 2. The van der Waals surface area contributed by atoms with Crippen molar-refractivity contribution in [1.82, 2.24) is 14.7 Å². The Labute approximate surface area is 217 Å². The molecule has 0 aliphatic carbocycles. The lowest BCUT2D eigenvalue weighted by Crippen LogP contribution is -2.41. The van der Waals surface area contributed by atoms with Crippen LogP contribution in [0.1, 0.15) is 55.6 Å². The highest BCUT2D eigenvalue weighted by Crippen LogP contribution is 2.33. The van der Waals surface area contributed by atoms with Gasteiger partial charge in [0.1, 0.15) is 17.2 Å². The molecule has 0 radical (unpaired) electrons. The first kappa shape index (κ1) is 26.7. The second-order valence-corrected chi connectivity index (χ2v) is 9.95. The van der Waals surface area contributed by atoms with Crippen LogP contribution < -0.4 is 5.32 Å². The average Bonchev–Trinajstić information content (AvgIpc) is 3.30. The van der Waals surface area contributed by atoms with E-state index in [1.165, 1.54) is 35.1 Å². The maximum Gasteiger partial charge on any atom is 0.410 e. The summed E-state index contributed by atoms with van der Waals surface area (Å²) in [6.07, 6.45) is 1.86. The van der Waals surface area contributed by atoms with Gasteiger partial charge in [-0.1, -0.05) is 0 Å². The molecular weight excluding hydrogens is 500 g/mol. The van der Waals surface area contributed by atoms with Crippen LogP contribution in [0.2, 0.25) is 0 Å². The summed E-state index contributed by atoms with van der Waals surface area (Å²) in [6.45, 7) is 6.10. The highest BCUT2D eigenvalue weighted by molar-refractivity contribution is 6.05. The molecule has 0 spiro atoms. The Morgan fingerprint density at radius 2 is 1.76 bits per heavy atom. The van der Waals surface area contributed by atoms with Gasteiger partial charge in [-0.2, -0.15) is 5.10 Å². The Hall–Kier alpha value is -4.35. The smallest absolute Gasteiger partial charge is 0.410 e. The van der Waals surface area contributed by atoms with Gasteiger partial charge in [0.2, 0.25) is 0 Å². The number of carbonyl (C=O) groups is 2. The van der Waals surface area contributed by atoms with E-state index in [1.54, 1.807) is 25.7 Å². The summed E-state index contributed by atoms with van der Waals surface area (Å²) in [5.74, 6) is -2.20. The molecule has 12 heteroatoms. The summed E-state index contributed by atoms with van der Waals surface area (Å²) in [5, 5.41) is 17.9. The van der Waals surface area contributed by atoms with E-state index in [4.69, 9.17) is 4.74 Å². The first-order valence-corrected chi connectivity index (χ1v) is 12.0. The third-order valence-corrected chi connectivity index (χ3v) is 6.06. The average molecular weight is 528 g/mol. The van der Waals surface area contributed by atoms with Crippen LogP contribution in [0.25, 0.3) is 5.69 Å². The molecule has 4 rings (SSSR count). The zero-order valence-electron chi connectivity index (χ0n) is 21.1. The molecule has 3 aromatic rings. The van der Waals surface area contributed by atoms with Crippen LogP contribution in [-0.2, 0) is 4.74 Å². The van der Waals surface area contributed by atoms with E-state index in [9.17, 15) is 28.5 Å². The van der Waals surface area contributed by atoms with Crippen molar-refractivity contribution in [3.63, 3.8) is 0 Å². The number of nitro benzene ring substituents is 1. The van der Waals surface area contributed by atoms with Crippen LogP contribution in [0.4, 0.5) is 25.0 Å². The van der Waals surface area contributed by atoms with E-state index in [2.05, 4.69) is 10.4 Å². The van der Waals surface area contributed by atoms with Crippen LogP contribution in [-0.4, -0.2) is 50.3 Å². The van der Waals surface area contributed by atoms with Crippen molar-refractivity contribution in [2.24, 2.45) is 0 Å². The number of halogens is 2. The van der Waals surface area contributed by atoms with Crippen LogP contribution in [0, 0.1) is 21.7 Å². The molecule has 1 fully saturated rings. The van der Waals surface area contributed by atoms with Crippen molar-refractivity contribution >= 4 is 23.4 Å². The molecule has 0 atom stereocenters. The maximum absolute atomic E-state index is 14.4. The molecule has 1 aliphatic rings. The van der Waals surface area contributed by atoms with E-state index in [1.807, 2.05) is 0 Å². The van der Waals surface area contributed by atoms with Crippen molar-refractivity contribution in [3.8, 4) is 5.69 Å². The molecule has 10 nitrogen and oxygen atoms in total. The lowest BCUT2D eigenvalue weighted by molar-refractivity contribution is -0.384. The SMILES string of the molecule is CC(C)(C)OC(=O)N1CCC(c2c(C(=O)Nc3cc([N+](=O)[O-])ccc3F)cnn2-c2ccc(F)cc2)CC1. The number of hydrogen-bond donors (Lipinski definition) is 1. The molecule has 2 amide bonds. The number of non-ortho nitro benzene ring substituents is 1. The second kappa shape index (κ2) is 10.6. The standard InChI is InChI=1S/C26H27F2N5O5/c1-26(2,3)38-25(35)31-12-10-16(11-13-31)23-20(15-29-32(23)18-6-4-17(27)5-7-18)24(34)30-22-14-19(33(36)37)8-9-21(22)28/h4-9,14-16H,10-13H2,1-3H3,(H,30,34). The Morgan fingerprint density at radius 1 is 1.11 bits per heavy atom. The number of rotatable bonds is 5. The van der Waals surface area contributed by atoms with Gasteiger partial charge in [0.25, 0.3) is 11.6 Å². The zero-order chi connectivity index (χ0) is 27.6. The summed E-state index contributed by atoms with van der Waals surface area (Å²) in [6, 6.07) is 8.42. The molecule has 1 aliphatic heterocycles. The third kappa shape index (κ3) is 5.96. The maximum atomic E-state index is 14.4. The molecule has 200 valence electrons. The molecule has 2 aromatic carbocycles. The minimum Gasteiger partial charge on any atom is -0.444 e. The number of anilines is 1. The normalized spacial score (nSPS) is 14.3. The van der Waals surface area contributed by atoms with E-state index >= 15 is 0 Å². The second-order valence-electron chi connectivity index (χ2n) is 9.95. The van der Waals surface area contributed by atoms with Gasteiger partial charge in [-0.25, -0.2) is 18.3 Å². The number of likely N-dealkylation sites (tertiary alicyclic amines) is 1. The summed E-state index contributed by atoms with van der Waals surface area (Å²) < 4.78 is 34.9. The van der Waals surface area contributed by atoms with Crippen LogP contribution in [0.3, 0.4) is 0 Å². The minimum absolute atomic E-state index is 0.135. The number of nitro groups is 1. The largest absolute Gasteiger partial charge is 0.444 e. The number of piperidine rings is 1. The number of amides is 2. The third-order valence-electron chi connectivity index (χ3n) is 6.06. The van der Waals surface area contributed by atoms with E-state index in [0.717, 1.165) is 18.2 Å². The van der Waals surface area contributed by atoms with Gasteiger partial charge in [-0.15, -0.1) is 0 Å². The lowest BCUT2D eigenvalue weighted by Gasteiger charge is -2.34. The Kier molecular flexibility index (Phi) is 7.42. The van der Waals surface area contributed by atoms with Gasteiger partial charge < -0.3 is 15.0 Å². The van der Waals surface area contributed by atoms with Crippen molar-refractivity contribution in [2.75, 3.05) is 18.4 Å². The lowest BCUT2D eigenvalue weighted by atomic mass is 9.90. The number of nitrogens with one attached hydrogen (secondary N) is 1. The van der Waals surface area contributed by atoms with Gasteiger partial charge in [0, 0.05) is 31.1 Å². The zero-order valence-corrected chi connectivity index (χ0v) is 21.1. The quantitative estimate of drug-likeness (QED) is 0.349. The van der Waals surface area contributed by atoms with Gasteiger partial charge in [-0.3, -0.25) is 14.9 Å². The summed E-state index contributed by atoms with van der Waals surface area (Å²) >= 11 is 0. The van der Waals surface area contributed by atoms with Crippen molar-refractivity contribution in [1.29, 1.82) is 0 Å². The van der Waals surface area contributed by atoms with Crippen LogP contribution >= 0.6 is 0 Å². The monoisotopic (exact) mass is 527 g/mol. The minimum atomic E-state index is -0.831. The number of ether oxygens (including phenoxy) is 1. The summed E-state index contributed by atoms with van der Waals surface area (Å²) in [4.78, 5) is 37.8.